The maximum absolute atomic E-state index is 13.0. The van der Waals surface area contributed by atoms with Gasteiger partial charge in [-0.1, -0.05) is 6.92 Å². The molecule has 0 spiro atoms. The molecule has 1 saturated heterocycles. The summed E-state index contributed by atoms with van der Waals surface area (Å²) in [4.78, 5) is 14.9. The number of hydrogen-bond donors (Lipinski definition) is 1. The molecule has 2 unspecified atom stereocenters. The quantitative estimate of drug-likeness (QED) is 0.653. The minimum atomic E-state index is -2.60. The van der Waals surface area contributed by atoms with Crippen LogP contribution < -0.4 is 5.32 Å². The van der Waals surface area contributed by atoms with Crippen LogP contribution in [-0.4, -0.2) is 49.6 Å². The van der Waals surface area contributed by atoms with Crippen molar-refractivity contribution in [3.8, 4) is 0 Å². The molecule has 1 N–H and O–H groups in total. The number of guanidine groups is 1. The van der Waals surface area contributed by atoms with E-state index in [-0.39, 0.29) is 12.4 Å². The van der Waals surface area contributed by atoms with Crippen LogP contribution in [-0.2, 0) is 6.54 Å². The SMILES string of the molecule is CCNC(=NCc1nccn1C(F)F)N1CCC(C)C(n2ccnc2)C1. The fourth-order valence-electron chi connectivity index (χ4n) is 3.31. The first kappa shape index (κ1) is 18.3. The largest absolute Gasteiger partial charge is 0.357 e. The molecule has 2 aromatic rings. The minimum Gasteiger partial charge on any atom is -0.357 e. The first-order valence-corrected chi connectivity index (χ1v) is 8.90. The second-order valence-corrected chi connectivity index (χ2v) is 6.49. The lowest BCUT2D eigenvalue weighted by Gasteiger charge is -2.39. The van der Waals surface area contributed by atoms with E-state index in [9.17, 15) is 8.78 Å². The Morgan fingerprint density at radius 1 is 1.38 bits per heavy atom. The Morgan fingerprint density at radius 3 is 2.92 bits per heavy atom. The summed E-state index contributed by atoms with van der Waals surface area (Å²) in [6.07, 6.45) is 9.29. The van der Waals surface area contributed by atoms with Crippen molar-refractivity contribution in [1.29, 1.82) is 0 Å². The first-order chi connectivity index (χ1) is 12.6. The Morgan fingerprint density at radius 2 is 2.23 bits per heavy atom. The van der Waals surface area contributed by atoms with Crippen molar-refractivity contribution in [2.45, 2.75) is 39.4 Å². The van der Waals surface area contributed by atoms with Crippen LogP contribution in [0.15, 0.2) is 36.1 Å². The normalized spacial score (nSPS) is 21.4. The summed E-state index contributed by atoms with van der Waals surface area (Å²) in [5.41, 5.74) is 0. The smallest absolute Gasteiger partial charge is 0.319 e. The van der Waals surface area contributed by atoms with Gasteiger partial charge in [0.1, 0.15) is 12.4 Å². The van der Waals surface area contributed by atoms with Crippen LogP contribution in [0.2, 0.25) is 0 Å². The average Bonchev–Trinajstić information content (AvgIpc) is 3.30. The van der Waals surface area contributed by atoms with Gasteiger partial charge < -0.3 is 14.8 Å². The fraction of sp³-hybridized carbons (Fsp3) is 0.588. The van der Waals surface area contributed by atoms with Gasteiger partial charge >= 0.3 is 6.55 Å². The number of rotatable bonds is 5. The van der Waals surface area contributed by atoms with Crippen molar-refractivity contribution in [3.63, 3.8) is 0 Å². The van der Waals surface area contributed by atoms with Crippen molar-refractivity contribution in [3.05, 3.63) is 36.9 Å². The molecule has 7 nitrogen and oxygen atoms in total. The lowest BCUT2D eigenvalue weighted by Crippen LogP contribution is -2.49. The number of alkyl halides is 2. The van der Waals surface area contributed by atoms with Crippen molar-refractivity contribution >= 4 is 5.96 Å². The van der Waals surface area contributed by atoms with Gasteiger partial charge in [0.2, 0.25) is 0 Å². The molecule has 26 heavy (non-hydrogen) atoms. The van der Waals surface area contributed by atoms with E-state index in [4.69, 9.17) is 0 Å². The monoisotopic (exact) mass is 365 g/mol. The maximum Gasteiger partial charge on any atom is 0.319 e. The van der Waals surface area contributed by atoms with Gasteiger partial charge in [0.25, 0.3) is 0 Å². The number of hydrogen-bond acceptors (Lipinski definition) is 3. The topological polar surface area (TPSA) is 63.3 Å². The fourth-order valence-corrected chi connectivity index (χ4v) is 3.31. The Kier molecular flexibility index (Phi) is 5.85. The zero-order valence-electron chi connectivity index (χ0n) is 15.1. The van der Waals surface area contributed by atoms with E-state index in [1.54, 1.807) is 6.20 Å². The lowest BCUT2D eigenvalue weighted by molar-refractivity contribution is 0.0670. The third-order valence-corrected chi connectivity index (χ3v) is 4.79. The van der Waals surface area contributed by atoms with Crippen molar-refractivity contribution < 1.29 is 8.78 Å². The van der Waals surface area contributed by atoms with Gasteiger partial charge in [0.15, 0.2) is 5.96 Å². The van der Waals surface area contributed by atoms with Gasteiger partial charge in [-0.3, -0.25) is 4.57 Å². The Hall–Kier alpha value is -2.45. The molecule has 3 heterocycles. The molecule has 1 aliphatic heterocycles. The molecular formula is C17H25F2N7. The molecule has 142 valence electrons. The lowest BCUT2D eigenvalue weighted by atomic mass is 9.93. The summed E-state index contributed by atoms with van der Waals surface area (Å²) in [5, 5.41) is 3.27. The van der Waals surface area contributed by atoms with E-state index >= 15 is 0 Å². The highest BCUT2D eigenvalue weighted by atomic mass is 19.3. The van der Waals surface area contributed by atoms with Gasteiger partial charge in [-0.05, 0) is 19.3 Å². The highest BCUT2D eigenvalue weighted by molar-refractivity contribution is 5.80. The highest BCUT2D eigenvalue weighted by Crippen LogP contribution is 2.27. The van der Waals surface area contributed by atoms with Crippen LogP contribution in [0.25, 0.3) is 0 Å². The van der Waals surface area contributed by atoms with Crippen LogP contribution in [0.5, 0.6) is 0 Å². The second kappa shape index (κ2) is 8.29. The zero-order valence-corrected chi connectivity index (χ0v) is 15.1. The van der Waals surface area contributed by atoms with E-state index in [2.05, 4.69) is 36.7 Å². The molecule has 2 atom stereocenters. The molecule has 9 heteroatoms. The summed E-state index contributed by atoms with van der Waals surface area (Å²) in [5.74, 6) is 1.52. The first-order valence-electron chi connectivity index (χ1n) is 8.90. The molecule has 0 saturated carbocycles. The maximum atomic E-state index is 13.0. The van der Waals surface area contributed by atoms with E-state index < -0.39 is 6.55 Å². The molecule has 0 aromatic carbocycles. The van der Waals surface area contributed by atoms with Gasteiger partial charge in [0, 0.05) is 44.4 Å². The summed E-state index contributed by atoms with van der Waals surface area (Å²) in [6.45, 7) is 4.13. The molecule has 0 amide bonds. The Labute approximate surface area is 151 Å². The molecular weight excluding hydrogens is 340 g/mol. The van der Waals surface area contributed by atoms with Crippen LogP contribution in [0.4, 0.5) is 8.78 Å². The van der Waals surface area contributed by atoms with Gasteiger partial charge in [-0.25, -0.2) is 15.0 Å². The van der Waals surface area contributed by atoms with Crippen LogP contribution >= 0.6 is 0 Å². The van der Waals surface area contributed by atoms with Crippen molar-refractivity contribution in [1.82, 2.24) is 29.3 Å². The number of aromatic nitrogens is 4. The number of nitrogens with zero attached hydrogens (tertiary/aromatic N) is 6. The van der Waals surface area contributed by atoms with Crippen molar-refractivity contribution in [2.75, 3.05) is 19.6 Å². The van der Waals surface area contributed by atoms with E-state index in [0.717, 1.165) is 30.0 Å². The minimum absolute atomic E-state index is 0.113. The predicted molar refractivity (Wildman–Crippen MR) is 94.9 cm³/mol. The molecule has 2 aromatic heterocycles. The van der Waals surface area contributed by atoms with Crippen LogP contribution in [0.3, 0.4) is 0 Å². The van der Waals surface area contributed by atoms with Crippen LogP contribution in [0, 0.1) is 5.92 Å². The van der Waals surface area contributed by atoms with Crippen molar-refractivity contribution in [2.24, 2.45) is 10.9 Å². The molecule has 0 aliphatic carbocycles. The molecule has 3 rings (SSSR count). The summed E-state index contributed by atoms with van der Waals surface area (Å²) in [7, 11) is 0. The molecule has 1 aliphatic rings. The van der Waals surface area contributed by atoms with Gasteiger partial charge in [0.05, 0.1) is 12.4 Å². The van der Waals surface area contributed by atoms with E-state index in [1.165, 1.54) is 12.4 Å². The third kappa shape index (κ3) is 4.03. The zero-order chi connectivity index (χ0) is 18.5. The number of nitrogens with one attached hydrogen (secondary N) is 1. The average molecular weight is 365 g/mol. The summed E-state index contributed by atoms with van der Waals surface area (Å²) < 4.78 is 28.9. The second-order valence-electron chi connectivity index (χ2n) is 6.49. The standard InChI is InChI=1S/C17H25F2N7/c1-3-21-17(23-10-15-22-6-9-26(15)16(18)19)24-7-4-13(2)14(11-24)25-8-5-20-12-25/h5-6,8-9,12-14,16H,3-4,7,10-11H2,1-2H3,(H,21,23). The van der Waals surface area contributed by atoms with Gasteiger partial charge in [-0.15, -0.1) is 0 Å². The number of halogens is 2. The number of likely N-dealkylation sites (tertiary alicyclic amines) is 1. The summed E-state index contributed by atoms with van der Waals surface area (Å²) >= 11 is 0. The molecule has 1 fully saturated rings. The Bertz CT molecular complexity index is 711. The molecule has 0 radical (unpaired) electrons. The number of aliphatic imine (C=N–C) groups is 1. The Balaban J connectivity index is 1.75. The predicted octanol–water partition coefficient (Wildman–Crippen LogP) is 2.52. The molecule has 0 bridgehead atoms. The number of imidazole rings is 2. The highest BCUT2D eigenvalue weighted by Gasteiger charge is 2.29. The van der Waals surface area contributed by atoms with Gasteiger partial charge in [-0.2, -0.15) is 8.78 Å². The van der Waals surface area contributed by atoms with Crippen LogP contribution in [0.1, 0.15) is 38.7 Å². The van der Waals surface area contributed by atoms with E-state index in [1.807, 2.05) is 19.4 Å². The number of piperidine rings is 1. The third-order valence-electron chi connectivity index (χ3n) is 4.79. The summed E-state index contributed by atoms with van der Waals surface area (Å²) in [6, 6.07) is 0.304. The van der Waals surface area contributed by atoms with E-state index in [0.29, 0.717) is 18.5 Å².